The van der Waals surface area contributed by atoms with Crippen molar-refractivity contribution in [1.29, 1.82) is 0 Å². The Kier molecular flexibility index (Phi) is 15.1. The molecule has 146 valence electrons. The number of unbranched alkanes of at least 4 members (excludes halogenated alkanes) is 6. The lowest BCUT2D eigenvalue weighted by molar-refractivity contribution is 0.00390. The standard InChI is InChI=1S/C22H46O2/c1-20(2)14-9-5-7-11-16-22(24,18-13-19-23)17-12-8-6-10-15-21(3)4/h20-21,23-24H,5-19H2,1-4H3. The molecule has 2 heteroatoms. The van der Waals surface area contributed by atoms with Crippen molar-refractivity contribution in [3.63, 3.8) is 0 Å². The molecule has 0 aliphatic rings. The maximum absolute atomic E-state index is 10.9. The van der Waals surface area contributed by atoms with E-state index in [1.165, 1.54) is 51.4 Å². The minimum atomic E-state index is -0.529. The first kappa shape index (κ1) is 23.9. The fourth-order valence-electron chi connectivity index (χ4n) is 3.50. The normalized spacial score (nSPS) is 12.5. The molecule has 0 amide bonds. The Hall–Kier alpha value is -0.0800. The van der Waals surface area contributed by atoms with Crippen molar-refractivity contribution < 1.29 is 10.2 Å². The predicted molar refractivity (Wildman–Crippen MR) is 106 cm³/mol. The van der Waals surface area contributed by atoms with Crippen molar-refractivity contribution in [2.45, 2.75) is 123 Å². The van der Waals surface area contributed by atoms with Crippen molar-refractivity contribution >= 4 is 0 Å². The van der Waals surface area contributed by atoms with E-state index in [4.69, 9.17) is 5.11 Å². The van der Waals surface area contributed by atoms with Crippen LogP contribution >= 0.6 is 0 Å². The average molecular weight is 343 g/mol. The summed E-state index contributed by atoms with van der Waals surface area (Å²) in [4.78, 5) is 0. The van der Waals surface area contributed by atoms with Gasteiger partial charge in [0.2, 0.25) is 0 Å². The Balaban J connectivity index is 3.89. The zero-order valence-corrected chi connectivity index (χ0v) is 17.2. The highest BCUT2D eigenvalue weighted by Gasteiger charge is 2.25. The van der Waals surface area contributed by atoms with Crippen molar-refractivity contribution in [3.8, 4) is 0 Å². The van der Waals surface area contributed by atoms with Gasteiger partial charge in [-0.3, -0.25) is 0 Å². The molecule has 0 bridgehead atoms. The first-order valence-electron chi connectivity index (χ1n) is 10.7. The smallest absolute Gasteiger partial charge is 0.0648 e. The minimum absolute atomic E-state index is 0.199. The van der Waals surface area contributed by atoms with Crippen molar-refractivity contribution in [1.82, 2.24) is 0 Å². The summed E-state index contributed by atoms with van der Waals surface area (Å²) in [6, 6.07) is 0. The molecule has 0 aromatic rings. The van der Waals surface area contributed by atoms with Crippen LogP contribution in [-0.4, -0.2) is 22.4 Å². The van der Waals surface area contributed by atoms with Crippen LogP contribution in [0.1, 0.15) is 118 Å². The van der Waals surface area contributed by atoms with Crippen LogP contribution in [0.4, 0.5) is 0 Å². The largest absolute Gasteiger partial charge is 0.396 e. The molecular weight excluding hydrogens is 296 g/mol. The maximum Gasteiger partial charge on any atom is 0.0648 e. The van der Waals surface area contributed by atoms with Crippen molar-refractivity contribution in [2.75, 3.05) is 6.61 Å². The summed E-state index contributed by atoms with van der Waals surface area (Å²) >= 11 is 0. The number of hydrogen-bond donors (Lipinski definition) is 2. The lowest BCUT2D eigenvalue weighted by Gasteiger charge is -2.28. The van der Waals surface area contributed by atoms with Crippen LogP contribution in [0.3, 0.4) is 0 Å². The molecule has 0 aliphatic carbocycles. The van der Waals surface area contributed by atoms with Crippen molar-refractivity contribution in [2.24, 2.45) is 11.8 Å². The second-order valence-corrected chi connectivity index (χ2v) is 8.74. The topological polar surface area (TPSA) is 40.5 Å². The third-order valence-electron chi connectivity index (χ3n) is 5.15. The molecule has 2 nitrogen and oxygen atoms in total. The predicted octanol–water partition coefficient (Wildman–Crippen LogP) is 6.48. The zero-order chi connectivity index (χ0) is 18.3. The molecular formula is C22H46O2. The van der Waals surface area contributed by atoms with Gasteiger partial charge >= 0.3 is 0 Å². The van der Waals surface area contributed by atoms with Gasteiger partial charge in [-0.2, -0.15) is 0 Å². The lowest BCUT2D eigenvalue weighted by Crippen LogP contribution is -2.29. The van der Waals surface area contributed by atoms with Crippen LogP contribution in [0, 0.1) is 11.8 Å². The molecule has 0 atom stereocenters. The van der Waals surface area contributed by atoms with E-state index >= 15 is 0 Å². The SMILES string of the molecule is CC(C)CCCCCCC(O)(CCCO)CCCCCCC(C)C. The van der Waals surface area contributed by atoms with Gasteiger partial charge in [0.25, 0.3) is 0 Å². The lowest BCUT2D eigenvalue weighted by atomic mass is 9.85. The van der Waals surface area contributed by atoms with Crippen LogP contribution in [0.2, 0.25) is 0 Å². The first-order valence-corrected chi connectivity index (χ1v) is 10.7. The molecule has 0 aliphatic heterocycles. The summed E-state index contributed by atoms with van der Waals surface area (Å²) in [6.07, 6.45) is 16.0. The third kappa shape index (κ3) is 15.4. The molecule has 24 heavy (non-hydrogen) atoms. The highest BCUT2D eigenvalue weighted by Crippen LogP contribution is 2.28. The van der Waals surface area contributed by atoms with Crippen LogP contribution in [0.5, 0.6) is 0 Å². The molecule has 0 saturated heterocycles. The van der Waals surface area contributed by atoms with Crippen LogP contribution in [0.15, 0.2) is 0 Å². The van der Waals surface area contributed by atoms with Crippen LogP contribution in [0.25, 0.3) is 0 Å². The second-order valence-electron chi connectivity index (χ2n) is 8.74. The number of rotatable bonds is 17. The summed E-state index contributed by atoms with van der Waals surface area (Å²) in [5.74, 6) is 1.62. The average Bonchev–Trinajstić information content (AvgIpc) is 2.52. The number of hydrogen-bond acceptors (Lipinski definition) is 2. The van der Waals surface area contributed by atoms with Gasteiger partial charge in [-0.05, 0) is 37.5 Å². The fourth-order valence-corrected chi connectivity index (χ4v) is 3.50. The van der Waals surface area contributed by atoms with E-state index in [2.05, 4.69) is 27.7 Å². The van der Waals surface area contributed by atoms with Gasteiger partial charge in [0, 0.05) is 6.61 Å². The van der Waals surface area contributed by atoms with E-state index in [-0.39, 0.29) is 6.61 Å². The molecule has 0 fully saturated rings. The number of aliphatic hydroxyl groups excluding tert-OH is 1. The van der Waals surface area contributed by atoms with Gasteiger partial charge in [-0.25, -0.2) is 0 Å². The van der Waals surface area contributed by atoms with Crippen LogP contribution in [-0.2, 0) is 0 Å². The van der Waals surface area contributed by atoms with Crippen LogP contribution < -0.4 is 0 Å². The minimum Gasteiger partial charge on any atom is -0.396 e. The Bertz CT molecular complexity index is 241. The first-order chi connectivity index (χ1) is 11.4. The molecule has 0 aromatic carbocycles. The van der Waals surface area contributed by atoms with Gasteiger partial charge in [0.1, 0.15) is 0 Å². The molecule has 2 N–H and O–H groups in total. The van der Waals surface area contributed by atoms with E-state index in [1.54, 1.807) is 0 Å². The van der Waals surface area contributed by atoms with E-state index < -0.39 is 5.60 Å². The van der Waals surface area contributed by atoms with E-state index in [0.29, 0.717) is 0 Å². The fraction of sp³-hybridized carbons (Fsp3) is 1.00. The van der Waals surface area contributed by atoms with E-state index in [9.17, 15) is 5.11 Å². The van der Waals surface area contributed by atoms with Gasteiger partial charge in [-0.15, -0.1) is 0 Å². The molecule has 0 unspecified atom stereocenters. The Morgan fingerprint density at radius 2 is 0.958 bits per heavy atom. The van der Waals surface area contributed by atoms with Gasteiger partial charge in [0.15, 0.2) is 0 Å². The molecule has 0 spiro atoms. The Morgan fingerprint density at radius 1 is 0.583 bits per heavy atom. The summed E-state index contributed by atoms with van der Waals surface area (Å²) in [5, 5.41) is 20.0. The highest BCUT2D eigenvalue weighted by molar-refractivity contribution is 4.78. The highest BCUT2D eigenvalue weighted by atomic mass is 16.3. The van der Waals surface area contributed by atoms with Gasteiger partial charge < -0.3 is 10.2 Å². The van der Waals surface area contributed by atoms with E-state index in [0.717, 1.165) is 50.4 Å². The molecule has 0 heterocycles. The summed E-state index contributed by atoms with van der Waals surface area (Å²) in [5.41, 5.74) is -0.529. The van der Waals surface area contributed by atoms with Gasteiger partial charge in [0.05, 0.1) is 5.60 Å². The maximum atomic E-state index is 10.9. The molecule has 0 rings (SSSR count). The quantitative estimate of drug-likeness (QED) is 0.297. The Labute approximate surface area is 152 Å². The molecule has 0 saturated carbocycles. The monoisotopic (exact) mass is 342 g/mol. The van der Waals surface area contributed by atoms with Crippen molar-refractivity contribution in [3.05, 3.63) is 0 Å². The second kappa shape index (κ2) is 15.2. The third-order valence-corrected chi connectivity index (χ3v) is 5.15. The van der Waals surface area contributed by atoms with Gasteiger partial charge in [-0.1, -0.05) is 91.9 Å². The summed E-state index contributed by atoms with van der Waals surface area (Å²) in [6.45, 7) is 9.35. The molecule has 0 aromatic heterocycles. The summed E-state index contributed by atoms with van der Waals surface area (Å²) < 4.78 is 0. The summed E-state index contributed by atoms with van der Waals surface area (Å²) in [7, 11) is 0. The Morgan fingerprint density at radius 3 is 1.33 bits per heavy atom. The van der Waals surface area contributed by atoms with E-state index in [1.807, 2.05) is 0 Å². The zero-order valence-electron chi connectivity index (χ0n) is 17.2. The molecule has 0 radical (unpaired) electrons. The number of aliphatic hydroxyl groups is 2.